The lowest BCUT2D eigenvalue weighted by Crippen LogP contribution is -2.18. The average molecular weight is 228 g/mol. The van der Waals surface area contributed by atoms with Gasteiger partial charge in [-0.1, -0.05) is 19.6 Å². The molecule has 0 aliphatic carbocycles. The van der Waals surface area contributed by atoms with Gasteiger partial charge in [0, 0.05) is 11.6 Å². The van der Waals surface area contributed by atoms with Crippen molar-refractivity contribution in [3.8, 4) is 0 Å². The maximum atomic E-state index is 11.2. The first-order valence-corrected chi connectivity index (χ1v) is 4.89. The van der Waals surface area contributed by atoms with Crippen LogP contribution in [0.2, 0.25) is 0 Å². The van der Waals surface area contributed by atoms with Gasteiger partial charge in [-0.2, -0.15) is 0 Å². The number of carboxylic acid groups (broad SMARTS) is 1. The third-order valence-electron chi connectivity index (χ3n) is 1.79. The van der Waals surface area contributed by atoms with E-state index >= 15 is 0 Å². The van der Waals surface area contributed by atoms with Crippen LogP contribution in [0, 0.1) is 0 Å². The average Bonchev–Trinajstić information content (AvgIpc) is 2.24. The van der Waals surface area contributed by atoms with E-state index in [1.807, 2.05) is 0 Å². The van der Waals surface area contributed by atoms with E-state index in [9.17, 15) is 9.59 Å². The molecule has 0 amide bonds. The Kier molecular flexibility index (Phi) is 6.87. The Balaban J connectivity index is 3.91. The first-order chi connectivity index (χ1) is 7.47. The highest BCUT2D eigenvalue weighted by Gasteiger charge is 2.09. The van der Waals surface area contributed by atoms with Crippen molar-refractivity contribution < 1.29 is 24.5 Å². The number of carbonyl (C=O) groups is 2. The molecule has 0 rings (SSSR count). The second kappa shape index (κ2) is 7.64. The van der Waals surface area contributed by atoms with E-state index in [4.69, 9.17) is 14.9 Å². The lowest BCUT2D eigenvalue weighted by Gasteiger charge is -2.09. The Morgan fingerprint density at radius 2 is 2.12 bits per heavy atom. The number of allylic oxidation sites excluding steroid dienone is 1. The number of aliphatic hydroxyl groups excluding tert-OH is 1. The summed E-state index contributed by atoms with van der Waals surface area (Å²) in [5.74, 6) is -1.70. The van der Waals surface area contributed by atoms with Crippen molar-refractivity contribution >= 4 is 11.9 Å². The molecule has 16 heavy (non-hydrogen) atoms. The molecule has 1 unspecified atom stereocenters. The summed E-state index contributed by atoms with van der Waals surface area (Å²) in [5.41, 5.74) is 0.154. The van der Waals surface area contributed by atoms with Gasteiger partial charge in [-0.3, -0.25) is 0 Å². The number of carboxylic acids is 1. The maximum absolute atomic E-state index is 11.2. The van der Waals surface area contributed by atoms with E-state index in [0.29, 0.717) is 6.42 Å². The zero-order valence-corrected chi connectivity index (χ0v) is 9.18. The van der Waals surface area contributed by atoms with E-state index in [1.54, 1.807) is 6.92 Å². The second-order valence-electron chi connectivity index (χ2n) is 3.21. The second-order valence-corrected chi connectivity index (χ2v) is 3.21. The van der Waals surface area contributed by atoms with E-state index in [-0.39, 0.29) is 18.6 Å². The molecular weight excluding hydrogens is 212 g/mol. The fraction of sp³-hybridized carbons (Fsp3) is 0.455. The smallest absolute Gasteiger partial charge is 0.333 e. The summed E-state index contributed by atoms with van der Waals surface area (Å²) in [6.07, 6.45) is 2.18. The van der Waals surface area contributed by atoms with Crippen molar-refractivity contribution in [3.05, 3.63) is 24.3 Å². The Bertz CT molecular complexity index is 293. The topological polar surface area (TPSA) is 83.8 Å². The Hall–Kier alpha value is -1.62. The number of hydrogen-bond donors (Lipinski definition) is 2. The van der Waals surface area contributed by atoms with Crippen LogP contribution in [0.1, 0.15) is 19.8 Å². The number of rotatable bonds is 7. The molecule has 0 aromatic rings. The Morgan fingerprint density at radius 3 is 2.62 bits per heavy atom. The van der Waals surface area contributed by atoms with Gasteiger partial charge < -0.3 is 14.9 Å². The molecule has 1 atom stereocenters. The van der Waals surface area contributed by atoms with Gasteiger partial charge in [0.15, 0.2) is 0 Å². The summed E-state index contributed by atoms with van der Waals surface area (Å²) in [5, 5.41) is 17.4. The molecule has 90 valence electrons. The molecule has 0 bridgehead atoms. The number of aliphatic carboxylic acids is 1. The Labute approximate surface area is 94.0 Å². The van der Waals surface area contributed by atoms with Gasteiger partial charge in [0.2, 0.25) is 0 Å². The van der Waals surface area contributed by atoms with Crippen molar-refractivity contribution in [2.45, 2.75) is 25.9 Å². The third-order valence-corrected chi connectivity index (χ3v) is 1.79. The molecule has 0 spiro atoms. The van der Waals surface area contributed by atoms with Gasteiger partial charge in [-0.05, 0) is 12.8 Å². The molecule has 0 aliphatic heterocycles. The number of hydrogen-bond acceptors (Lipinski definition) is 4. The van der Waals surface area contributed by atoms with Crippen LogP contribution in [0.15, 0.2) is 24.3 Å². The largest absolute Gasteiger partial charge is 0.478 e. The number of carbonyl (C=O) groups excluding carboxylic acids is 1. The number of ether oxygens (including phenoxy) is 1. The summed E-state index contributed by atoms with van der Waals surface area (Å²) in [4.78, 5) is 21.4. The molecule has 2 N–H and O–H groups in total. The van der Waals surface area contributed by atoms with Crippen molar-refractivity contribution in [1.82, 2.24) is 0 Å². The SMILES string of the molecule is C=C(CC=CC(=O)O)C(=O)OCC(O)CC. The van der Waals surface area contributed by atoms with Gasteiger partial charge in [-0.25, -0.2) is 9.59 Å². The molecule has 0 aromatic heterocycles. The van der Waals surface area contributed by atoms with Crippen LogP contribution in [-0.4, -0.2) is 34.9 Å². The molecule has 0 radical (unpaired) electrons. The van der Waals surface area contributed by atoms with E-state index in [1.165, 1.54) is 6.08 Å². The molecule has 0 heterocycles. The van der Waals surface area contributed by atoms with Crippen molar-refractivity contribution in [1.29, 1.82) is 0 Å². The molecule has 0 aromatic carbocycles. The fourth-order valence-electron chi connectivity index (χ4n) is 0.777. The normalized spacial score (nSPS) is 12.4. The fourth-order valence-corrected chi connectivity index (χ4v) is 0.777. The summed E-state index contributed by atoms with van der Waals surface area (Å²) < 4.78 is 4.74. The number of esters is 1. The highest BCUT2D eigenvalue weighted by molar-refractivity contribution is 5.88. The minimum atomic E-state index is -1.08. The van der Waals surface area contributed by atoms with Crippen LogP contribution in [0.25, 0.3) is 0 Å². The summed E-state index contributed by atoms with van der Waals surface area (Å²) in [6.45, 7) is 5.15. The van der Waals surface area contributed by atoms with E-state index in [2.05, 4.69) is 6.58 Å². The van der Waals surface area contributed by atoms with Crippen molar-refractivity contribution in [2.24, 2.45) is 0 Å². The Morgan fingerprint density at radius 1 is 1.50 bits per heavy atom. The summed E-state index contributed by atoms with van der Waals surface area (Å²) in [7, 11) is 0. The standard InChI is InChI=1S/C11H16O5/c1-3-9(12)7-16-11(15)8(2)5-4-6-10(13)14/h4,6,9,12H,2-3,5,7H2,1H3,(H,13,14). The molecule has 0 saturated carbocycles. The molecule has 5 heteroatoms. The zero-order valence-electron chi connectivity index (χ0n) is 9.18. The van der Waals surface area contributed by atoms with Crippen LogP contribution >= 0.6 is 0 Å². The molecule has 0 fully saturated rings. The van der Waals surface area contributed by atoms with Gasteiger partial charge >= 0.3 is 11.9 Å². The minimum Gasteiger partial charge on any atom is -0.478 e. The molecule has 0 saturated heterocycles. The quantitative estimate of drug-likeness (QED) is 0.499. The highest BCUT2D eigenvalue weighted by Crippen LogP contribution is 2.03. The first kappa shape index (κ1) is 14.4. The molecule has 0 aliphatic rings. The highest BCUT2D eigenvalue weighted by atomic mass is 16.5. The van der Waals surface area contributed by atoms with Gasteiger partial charge in [0.1, 0.15) is 6.61 Å². The first-order valence-electron chi connectivity index (χ1n) is 4.89. The van der Waals surface area contributed by atoms with Gasteiger partial charge in [0.25, 0.3) is 0 Å². The lowest BCUT2D eigenvalue weighted by atomic mass is 10.2. The van der Waals surface area contributed by atoms with Crippen molar-refractivity contribution in [2.75, 3.05) is 6.61 Å². The van der Waals surface area contributed by atoms with Crippen LogP contribution in [0.3, 0.4) is 0 Å². The summed E-state index contributed by atoms with van der Waals surface area (Å²) >= 11 is 0. The van der Waals surface area contributed by atoms with Gasteiger partial charge in [-0.15, -0.1) is 0 Å². The van der Waals surface area contributed by atoms with Crippen LogP contribution in [-0.2, 0) is 14.3 Å². The molecule has 5 nitrogen and oxygen atoms in total. The maximum Gasteiger partial charge on any atom is 0.333 e. The summed E-state index contributed by atoms with van der Waals surface area (Å²) in [6, 6.07) is 0. The van der Waals surface area contributed by atoms with Crippen LogP contribution < -0.4 is 0 Å². The third kappa shape index (κ3) is 6.78. The van der Waals surface area contributed by atoms with Crippen LogP contribution in [0.4, 0.5) is 0 Å². The predicted octanol–water partition coefficient (Wildman–Crippen LogP) is 0.888. The monoisotopic (exact) mass is 228 g/mol. The number of aliphatic hydroxyl groups is 1. The zero-order chi connectivity index (χ0) is 12.6. The molecular formula is C11H16O5. The van der Waals surface area contributed by atoms with Gasteiger partial charge in [0.05, 0.1) is 6.10 Å². The van der Waals surface area contributed by atoms with E-state index in [0.717, 1.165) is 6.08 Å². The van der Waals surface area contributed by atoms with Crippen LogP contribution in [0.5, 0.6) is 0 Å². The van der Waals surface area contributed by atoms with E-state index < -0.39 is 18.0 Å². The van der Waals surface area contributed by atoms with Crippen molar-refractivity contribution in [3.63, 3.8) is 0 Å². The predicted molar refractivity (Wildman–Crippen MR) is 57.8 cm³/mol. The minimum absolute atomic E-state index is 0.0724. The lowest BCUT2D eigenvalue weighted by molar-refractivity contribution is -0.142.